The van der Waals surface area contributed by atoms with Crippen LogP contribution in [0.1, 0.15) is 23.7 Å². The minimum absolute atomic E-state index is 0.0594. The van der Waals surface area contributed by atoms with E-state index in [1.807, 2.05) is 31.2 Å². The van der Waals surface area contributed by atoms with Crippen molar-refractivity contribution >= 4 is 16.9 Å². The van der Waals surface area contributed by atoms with Gasteiger partial charge in [-0.05, 0) is 18.4 Å². The van der Waals surface area contributed by atoms with Gasteiger partial charge in [0, 0.05) is 18.5 Å². The van der Waals surface area contributed by atoms with Crippen LogP contribution < -0.4 is 0 Å². The minimum Gasteiger partial charge on any atom is -0.463 e. The molecule has 2 heterocycles. The lowest BCUT2D eigenvalue weighted by molar-refractivity contribution is 0.0249. The zero-order valence-electron chi connectivity index (χ0n) is 10.9. The van der Waals surface area contributed by atoms with Crippen LogP contribution in [0.2, 0.25) is 0 Å². The Labute approximate surface area is 111 Å². The molecule has 2 atom stereocenters. The van der Waals surface area contributed by atoms with Gasteiger partial charge < -0.3 is 14.4 Å². The Bertz CT molecular complexity index is 604. The average molecular weight is 259 g/mol. The Morgan fingerprint density at radius 2 is 2.21 bits per heavy atom. The zero-order chi connectivity index (χ0) is 13.4. The molecule has 19 heavy (non-hydrogen) atoms. The summed E-state index contributed by atoms with van der Waals surface area (Å²) in [6.07, 6.45) is 1.91. The minimum atomic E-state index is -0.434. The van der Waals surface area contributed by atoms with Crippen LogP contribution in [0.5, 0.6) is 0 Å². The number of likely N-dealkylation sites (tertiary alicyclic amines) is 1. The first-order valence-corrected chi connectivity index (χ1v) is 6.60. The molecule has 1 aliphatic heterocycles. The first-order valence-electron chi connectivity index (χ1n) is 6.60. The van der Waals surface area contributed by atoms with E-state index in [0.29, 0.717) is 18.7 Å². The molecule has 100 valence electrons. The zero-order valence-corrected chi connectivity index (χ0v) is 10.9. The van der Waals surface area contributed by atoms with Crippen LogP contribution in [0.3, 0.4) is 0 Å². The number of rotatable bonds is 1. The summed E-state index contributed by atoms with van der Waals surface area (Å²) in [4.78, 5) is 14.2. The van der Waals surface area contributed by atoms with Gasteiger partial charge >= 0.3 is 0 Å². The van der Waals surface area contributed by atoms with E-state index in [2.05, 4.69) is 0 Å². The Balaban J connectivity index is 1.88. The van der Waals surface area contributed by atoms with E-state index in [9.17, 15) is 9.90 Å². The Morgan fingerprint density at radius 3 is 3.00 bits per heavy atom. The van der Waals surface area contributed by atoms with Gasteiger partial charge in [-0.25, -0.2) is 0 Å². The number of amides is 1. The maximum atomic E-state index is 12.5. The molecule has 1 fully saturated rings. The highest BCUT2D eigenvalue weighted by Gasteiger charge is 2.29. The molecule has 4 heteroatoms. The SMILES string of the molecule is CC1CCN(C(=O)c2coc3ccccc23)CC1O. The summed E-state index contributed by atoms with van der Waals surface area (Å²) in [7, 11) is 0. The number of hydrogen-bond donors (Lipinski definition) is 1. The summed E-state index contributed by atoms with van der Waals surface area (Å²) >= 11 is 0. The van der Waals surface area contributed by atoms with Gasteiger partial charge in [-0.3, -0.25) is 4.79 Å². The highest BCUT2D eigenvalue weighted by atomic mass is 16.3. The third kappa shape index (κ3) is 2.12. The number of fused-ring (bicyclic) bond motifs is 1. The van der Waals surface area contributed by atoms with Crippen LogP contribution in [-0.4, -0.2) is 35.1 Å². The quantitative estimate of drug-likeness (QED) is 0.854. The van der Waals surface area contributed by atoms with Gasteiger partial charge in [-0.15, -0.1) is 0 Å². The molecule has 2 unspecified atom stereocenters. The number of aliphatic hydroxyl groups is 1. The van der Waals surface area contributed by atoms with E-state index in [4.69, 9.17) is 4.42 Å². The molecule has 4 nitrogen and oxygen atoms in total. The van der Waals surface area contributed by atoms with E-state index in [1.54, 1.807) is 4.90 Å². The predicted octanol–water partition coefficient (Wildman–Crippen LogP) is 2.28. The van der Waals surface area contributed by atoms with Crippen LogP contribution >= 0.6 is 0 Å². The number of aliphatic hydroxyl groups excluding tert-OH is 1. The summed E-state index contributed by atoms with van der Waals surface area (Å²) in [5.74, 6) is 0.195. The molecular formula is C15H17NO3. The second-order valence-electron chi connectivity index (χ2n) is 5.23. The number of hydrogen-bond acceptors (Lipinski definition) is 3. The van der Waals surface area contributed by atoms with Crippen molar-refractivity contribution < 1.29 is 14.3 Å². The fourth-order valence-electron chi connectivity index (χ4n) is 2.55. The Hall–Kier alpha value is -1.81. The molecule has 0 saturated carbocycles. The van der Waals surface area contributed by atoms with Gasteiger partial charge in [0.1, 0.15) is 11.8 Å². The van der Waals surface area contributed by atoms with Crippen molar-refractivity contribution in [3.8, 4) is 0 Å². The average Bonchev–Trinajstić information content (AvgIpc) is 2.85. The maximum Gasteiger partial charge on any atom is 0.257 e. The van der Waals surface area contributed by atoms with Crippen LogP contribution in [0.15, 0.2) is 34.9 Å². The number of carbonyl (C=O) groups excluding carboxylic acids is 1. The first kappa shape index (κ1) is 12.2. The second kappa shape index (κ2) is 4.70. The van der Waals surface area contributed by atoms with Gasteiger partial charge in [0.15, 0.2) is 0 Å². The fraction of sp³-hybridized carbons (Fsp3) is 0.400. The van der Waals surface area contributed by atoms with Crippen molar-refractivity contribution in [3.05, 3.63) is 36.1 Å². The Kier molecular flexibility index (Phi) is 3.03. The van der Waals surface area contributed by atoms with E-state index in [1.165, 1.54) is 6.26 Å². The van der Waals surface area contributed by atoms with Crippen molar-refractivity contribution in [3.63, 3.8) is 0 Å². The summed E-state index contributed by atoms with van der Waals surface area (Å²) in [5, 5.41) is 10.7. The van der Waals surface area contributed by atoms with Crippen LogP contribution in [0.4, 0.5) is 0 Å². The molecule has 0 radical (unpaired) electrons. The molecule has 1 aromatic heterocycles. The predicted molar refractivity (Wildman–Crippen MR) is 71.9 cm³/mol. The number of benzene rings is 1. The Morgan fingerprint density at radius 1 is 1.42 bits per heavy atom. The second-order valence-corrected chi connectivity index (χ2v) is 5.23. The van der Waals surface area contributed by atoms with Crippen LogP contribution in [-0.2, 0) is 0 Å². The maximum absolute atomic E-state index is 12.5. The van der Waals surface area contributed by atoms with Crippen LogP contribution in [0, 0.1) is 5.92 Å². The van der Waals surface area contributed by atoms with Gasteiger partial charge in [-0.2, -0.15) is 0 Å². The lowest BCUT2D eigenvalue weighted by atomic mass is 9.95. The van der Waals surface area contributed by atoms with Crippen molar-refractivity contribution in [1.29, 1.82) is 0 Å². The molecule has 1 aromatic carbocycles. The van der Waals surface area contributed by atoms with E-state index < -0.39 is 6.10 Å². The van der Waals surface area contributed by atoms with Crippen LogP contribution in [0.25, 0.3) is 11.0 Å². The summed E-state index contributed by atoms with van der Waals surface area (Å²) in [6, 6.07) is 7.50. The van der Waals surface area contributed by atoms with Crippen molar-refractivity contribution in [2.75, 3.05) is 13.1 Å². The first-order chi connectivity index (χ1) is 9.16. The van der Waals surface area contributed by atoms with Gasteiger partial charge in [0.2, 0.25) is 0 Å². The highest BCUT2D eigenvalue weighted by Crippen LogP contribution is 2.24. The van der Waals surface area contributed by atoms with Gasteiger partial charge in [0.25, 0.3) is 5.91 Å². The van der Waals surface area contributed by atoms with Crippen molar-refractivity contribution in [2.24, 2.45) is 5.92 Å². The molecule has 1 saturated heterocycles. The fourth-order valence-corrected chi connectivity index (χ4v) is 2.55. The molecule has 1 amide bonds. The lowest BCUT2D eigenvalue weighted by Gasteiger charge is -2.34. The summed E-state index contributed by atoms with van der Waals surface area (Å²) in [5.41, 5.74) is 1.30. The number of piperidine rings is 1. The standard InChI is InChI=1S/C15H17NO3/c1-10-6-7-16(8-13(10)17)15(18)12-9-19-14-5-3-2-4-11(12)14/h2-5,9-10,13,17H,6-8H2,1H3. The molecule has 0 bridgehead atoms. The molecule has 0 aliphatic carbocycles. The summed E-state index contributed by atoms with van der Waals surface area (Å²) < 4.78 is 5.40. The van der Waals surface area contributed by atoms with Crippen molar-refractivity contribution in [2.45, 2.75) is 19.4 Å². The van der Waals surface area contributed by atoms with Gasteiger partial charge in [0.05, 0.1) is 11.7 Å². The molecule has 1 aliphatic rings. The third-order valence-corrected chi connectivity index (χ3v) is 3.92. The monoisotopic (exact) mass is 259 g/mol. The molecular weight excluding hydrogens is 242 g/mol. The summed E-state index contributed by atoms with van der Waals surface area (Å²) in [6.45, 7) is 3.11. The number of nitrogens with zero attached hydrogens (tertiary/aromatic N) is 1. The number of para-hydroxylation sites is 1. The molecule has 3 rings (SSSR count). The highest BCUT2D eigenvalue weighted by molar-refractivity contribution is 6.05. The third-order valence-electron chi connectivity index (χ3n) is 3.92. The largest absolute Gasteiger partial charge is 0.463 e. The molecule has 2 aromatic rings. The smallest absolute Gasteiger partial charge is 0.257 e. The topological polar surface area (TPSA) is 53.7 Å². The number of carbonyl (C=O) groups is 1. The molecule has 0 spiro atoms. The van der Waals surface area contributed by atoms with Gasteiger partial charge in [-0.1, -0.05) is 25.1 Å². The normalized spacial score (nSPS) is 23.8. The van der Waals surface area contributed by atoms with E-state index in [0.717, 1.165) is 17.4 Å². The van der Waals surface area contributed by atoms with Crippen molar-refractivity contribution in [1.82, 2.24) is 4.90 Å². The number of furan rings is 1. The molecule has 1 N–H and O–H groups in total. The number of β-amino-alcohol motifs (C(OH)–C–C–N with tert-alkyl or cyclic N) is 1. The van der Waals surface area contributed by atoms with E-state index in [-0.39, 0.29) is 11.8 Å². The lowest BCUT2D eigenvalue weighted by Crippen LogP contribution is -2.45. The van der Waals surface area contributed by atoms with E-state index >= 15 is 0 Å².